The lowest BCUT2D eigenvalue weighted by Gasteiger charge is -2.22. The zero-order chi connectivity index (χ0) is 19.6. The molecule has 0 saturated carbocycles. The van der Waals surface area contributed by atoms with E-state index in [2.05, 4.69) is 39.8 Å². The maximum absolute atomic E-state index is 5.51. The number of guanidine groups is 1. The molecule has 1 heterocycles. The Morgan fingerprint density at radius 3 is 2.33 bits per heavy atom. The number of aliphatic imine (C=N–C) groups is 1. The van der Waals surface area contributed by atoms with Crippen molar-refractivity contribution in [3.05, 3.63) is 40.1 Å². The molecule has 0 spiro atoms. The molecule has 1 aromatic heterocycles. The highest BCUT2D eigenvalue weighted by Crippen LogP contribution is 2.34. The van der Waals surface area contributed by atoms with Gasteiger partial charge in [-0.25, -0.2) is 0 Å². The molecule has 1 N–H and O–H groups in total. The van der Waals surface area contributed by atoms with E-state index >= 15 is 0 Å². The van der Waals surface area contributed by atoms with Crippen molar-refractivity contribution < 1.29 is 14.2 Å². The van der Waals surface area contributed by atoms with Crippen molar-refractivity contribution in [2.24, 2.45) is 4.99 Å². The summed E-state index contributed by atoms with van der Waals surface area (Å²) in [5.41, 5.74) is 1.00. The quantitative estimate of drug-likeness (QED) is 0.526. The molecular weight excluding hydrogens is 362 g/mol. The fourth-order valence-electron chi connectivity index (χ4n) is 2.85. The Hall–Kier alpha value is -2.41. The van der Waals surface area contributed by atoms with E-state index in [0.717, 1.165) is 49.0 Å². The third-order valence-corrected chi connectivity index (χ3v) is 5.26. The van der Waals surface area contributed by atoms with E-state index in [9.17, 15) is 0 Å². The van der Waals surface area contributed by atoms with Crippen molar-refractivity contribution in [3.8, 4) is 17.2 Å². The van der Waals surface area contributed by atoms with E-state index in [1.54, 1.807) is 39.7 Å². The lowest BCUT2D eigenvalue weighted by Crippen LogP contribution is -2.40. The summed E-state index contributed by atoms with van der Waals surface area (Å²) in [6.45, 7) is 1.63. The molecule has 2 aromatic rings. The van der Waals surface area contributed by atoms with Crippen molar-refractivity contribution in [1.82, 2.24) is 10.2 Å². The number of likely N-dealkylation sites (N-methyl/N-ethyl adjacent to an activating group) is 1. The predicted octanol–water partition coefficient (Wildman–Crippen LogP) is 3.07. The summed E-state index contributed by atoms with van der Waals surface area (Å²) in [6.07, 6.45) is 1.75. The van der Waals surface area contributed by atoms with Gasteiger partial charge in [-0.15, -0.1) is 11.3 Å². The van der Waals surface area contributed by atoms with Crippen LogP contribution in [0.2, 0.25) is 0 Å². The maximum Gasteiger partial charge on any atom is 0.193 e. The third-order valence-electron chi connectivity index (χ3n) is 4.32. The minimum atomic E-state index is 0.713. The van der Waals surface area contributed by atoms with Crippen LogP contribution in [0.4, 0.5) is 0 Å². The van der Waals surface area contributed by atoms with E-state index in [1.165, 1.54) is 4.88 Å². The second kappa shape index (κ2) is 10.7. The molecule has 0 aliphatic carbocycles. The van der Waals surface area contributed by atoms with E-state index in [1.807, 2.05) is 12.1 Å². The number of thiophene rings is 1. The molecule has 0 atom stereocenters. The van der Waals surface area contributed by atoms with Crippen molar-refractivity contribution in [1.29, 1.82) is 0 Å². The van der Waals surface area contributed by atoms with Gasteiger partial charge in [0.1, 0.15) is 17.2 Å². The van der Waals surface area contributed by atoms with Crippen LogP contribution in [-0.2, 0) is 12.8 Å². The Morgan fingerprint density at radius 2 is 1.81 bits per heavy atom. The number of ether oxygens (including phenoxy) is 3. The van der Waals surface area contributed by atoms with Gasteiger partial charge in [0, 0.05) is 49.8 Å². The predicted molar refractivity (Wildman–Crippen MR) is 112 cm³/mol. The first-order valence-corrected chi connectivity index (χ1v) is 9.74. The number of hydrogen-bond donors (Lipinski definition) is 1. The van der Waals surface area contributed by atoms with Crippen LogP contribution in [0.15, 0.2) is 34.6 Å². The molecule has 27 heavy (non-hydrogen) atoms. The number of hydrogen-bond acceptors (Lipinski definition) is 5. The number of rotatable bonds is 9. The van der Waals surface area contributed by atoms with Gasteiger partial charge in [-0.2, -0.15) is 0 Å². The minimum Gasteiger partial charge on any atom is -0.496 e. The Balaban J connectivity index is 1.95. The van der Waals surface area contributed by atoms with Crippen molar-refractivity contribution in [2.45, 2.75) is 12.8 Å². The van der Waals surface area contributed by atoms with E-state index in [4.69, 9.17) is 14.2 Å². The molecule has 0 unspecified atom stereocenters. The first-order valence-electron chi connectivity index (χ1n) is 8.86. The van der Waals surface area contributed by atoms with Gasteiger partial charge in [0.15, 0.2) is 5.96 Å². The third kappa shape index (κ3) is 5.79. The van der Waals surface area contributed by atoms with Gasteiger partial charge in [0.2, 0.25) is 0 Å². The topological polar surface area (TPSA) is 55.3 Å². The van der Waals surface area contributed by atoms with Crippen LogP contribution in [0.1, 0.15) is 10.4 Å². The maximum atomic E-state index is 5.51. The van der Waals surface area contributed by atoms with Gasteiger partial charge in [-0.05, 0) is 24.3 Å². The Bertz CT molecular complexity index is 707. The Morgan fingerprint density at radius 1 is 1.11 bits per heavy atom. The minimum absolute atomic E-state index is 0.713. The summed E-state index contributed by atoms with van der Waals surface area (Å²) < 4.78 is 16.3. The first-order chi connectivity index (χ1) is 13.1. The first kappa shape index (κ1) is 20.9. The standard InChI is InChI=1S/C20H29N3O3S/c1-21-20(23(2)11-9-16-7-6-12-27-16)22-10-8-17-18(25-4)13-15(24-3)14-19(17)26-5/h6-7,12-14H,8-11H2,1-5H3,(H,21,22). The number of methoxy groups -OCH3 is 3. The summed E-state index contributed by atoms with van der Waals surface area (Å²) in [5.74, 6) is 3.10. The number of nitrogens with zero attached hydrogens (tertiary/aromatic N) is 2. The highest BCUT2D eigenvalue weighted by Gasteiger charge is 2.14. The molecule has 6 nitrogen and oxygen atoms in total. The van der Waals surface area contributed by atoms with Crippen molar-refractivity contribution in [2.75, 3.05) is 48.5 Å². The second-order valence-corrected chi connectivity index (χ2v) is 7.02. The van der Waals surface area contributed by atoms with Crippen LogP contribution in [0, 0.1) is 0 Å². The fourth-order valence-corrected chi connectivity index (χ4v) is 3.55. The van der Waals surface area contributed by atoms with Crippen LogP contribution >= 0.6 is 11.3 Å². The molecule has 0 fully saturated rings. The van der Waals surface area contributed by atoms with E-state index < -0.39 is 0 Å². The Labute approximate surface area is 165 Å². The molecule has 1 aromatic carbocycles. The van der Waals surface area contributed by atoms with Crippen LogP contribution in [0.25, 0.3) is 0 Å². The van der Waals surface area contributed by atoms with Crippen molar-refractivity contribution in [3.63, 3.8) is 0 Å². The molecule has 0 aliphatic rings. The summed E-state index contributed by atoms with van der Waals surface area (Å²) >= 11 is 1.79. The zero-order valence-corrected chi connectivity index (χ0v) is 17.6. The molecule has 0 amide bonds. The van der Waals surface area contributed by atoms with Crippen LogP contribution in [0.3, 0.4) is 0 Å². The summed E-state index contributed by atoms with van der Waals surface area (Å²) in [7, 11) is 8.80. The Kier molecular flexibility index (Phi) is 8.26. The van der Waals surface area contributed by atoms with Gasteiger partial charge in [0.05, 0.1) is 21.3 Å². The summed E-state index contributed by atoms with van der Waals surface area (Å²) in [4.78, 5) is 7.90. The van der Waals surface area contributed by atoms with Crippen LogP contribution in [-0.4, -0.2) is 59.4 Å². The second-order valence-electron chi connectivity index (χ2n) is 5.99. The fraction of sp³-hybridized carbons (Fsp3) is 0.450. The van der Waals surface area contributed by atoms with Gasteiger partial charge < -0.3 is 24.4 Å². The smallest absolute Gasteiger partial charge is 0.193 e. The normalized spacial score (nSPS) is 11.2. The van der Waals surface area contributed by atoms with Crippen LogP contribution in [0.5, 0.6) is 17.2 Å². The van der Waals surface area contributed by atoms with E-state index in [0.29, 0.717) is 5.75 Å². The molecule has 0 saturated heterocycles. The van der Waals surface area contributed by atoms with Crippen molar-refractivity contribution >= 4 is 17.3 Å². The molecule has 0 bridgehead atoms. The zero-order valence-electron chi connectivity index (χ0n) is 16.7. The molecular formula is C20H29N3O3S. The highest BCUT2D eigenvalue weighted by molar-refractivity contribution is 7.09. The van der Waals surface area contributed by atoms with E-state index in [-0.39, 0.29) is 0 Å². The SMILES string of the molecule is CN=C(NCCc1c(OC)cc(OC)cc1OC)N(C)CCc1cccs1. The molecule has 2 rings (SSSR count). The largest absolute Gasteiger partial charge is 0.496 e. The monoisotopic (exact) mass is 391 g/mol. The molecule has 0 radical (unpaired) electrons. The van der Waals surface area contributed by atoms with Gasteiger partial charge in [-0.1, -0.05) is 6.07 Å². The number of nitrogens with one attached hydrogen (secondary N) is 1. The van der Waals surface area contributed by atoms with Gasteiger partial charge in [-0.3, -0.25) is 4.99 Å². The molecule has 148 valence electrons. The lowest BCUT2D eigenvalue weighted by atomic mass is 10.1. The molecule has 0 aliphatic heterocycles. The lowest BCUT2D eigenvalue weighted by molar-refractivity contribution is 0.368. The number of benzene rings is 1. The summed E-state index contributed by atoms with van der Waals surface area (Å²) in [6, 6.07) is 8.00. The van der Waals surface area contributed by atoms with Gasteiger partial charge >= 0.3 is 0 Å². The highest BCUT2D eigenvalue weighted by atomic mass is 32.1. The van der Waals surface area contributed by atoms with Crippen LogP contribution < -0.4 is 19.5 Å². The summed E-state index contributed by atoms with van der Waals surface area (Å²) in [5, 5.41) is 5.53. The average molecular weight is 392 g/mol. The molecule has 7 heteroatoms. The average Bonchev–Trinajstić information content (AvgIpc) is 3.22. The van der Waals surface area contributed by atoms with Gasteiger partial charge in [0.25, 0.3) is 0 Å².